The largest absolute Gasteiger partial charge is 0.444 e. The van der Waals surface area contributed by atoms with E-state index in [2.05, 4.69) is 15.5 Å². The van der Waals surface area contributed by atoms with Gasteiger partial charge >= 0.3 is 6.09 Å². The Labute approximate surface area is 266 Å². The summed E-state index contributed by atoms with van der Waals surface area (Å²) in [6.07, 6.45) is 2.01. The molecule has 238 valence electrons. The van der Waals surface area contributed by atoms with E-state index in [1.54, 1.807) is 27.6 Å². The van der Waals surface area contributed by atoms with E-state index in [0.717, 1.165) is 16.8 Å². The van der Waals surface area contributed by atoms with Crippen LogP contribution in [0.4, 0.5) is 10.5 Å². The fraction of sp³-hybridized carbons (Fsp3) is 0.394. The summed E-state index contributed by atoms with van der Waals surface area (Å²) in [5.74, 6) is -0.674. The van der Waals surface area contributed by atoms with Crippen LogP contribution in [0.1, 0.15) is 60.5 Å². The number of nitrogens with zero attached hydrogens (tertiary/aromatic N) is 4. The van der Waals surface area contributed by atoms with E-state index in [4.69, 9.17) is 9.72 Å². The lowest BCUT2D eigenvalue weighted by Gasteiger charge is -2.36. The van der Waals surface area contributed by atoms with Gasteiger partial charge in [0.15, 0.2) is 5.65 Å². The summed E-state index contributed by atoms with van der Waals surface area (Å²) in [7, 11) is 0. The molecule has 1 saturated heterocycles. The number of hydrogen-bond acceptors (Lipinski definition) is 8. The van der Waals surface area contributed by atoms with Gasteiger partial charge in [0.2, 0.25) is 0 Å². The first-order valence-corrected chi connectivity index (χ1v) is 16.1. The number of benzene rings is 1. The minimum Gasteiger partial charge on any atom is -0.444 e. The third-order valence-electron chi connectivity index (χ3n) is 7.64. The lowest BCUT2D eigenvalue weighted by Crippen LogP contribution is -2.50. The van der Waals surface area contributed by atoms with Gasteiger partial charge < -0.3 is 30.3 Å². The van der Waals surface area contributed by atoms with E-state index < -0.39 is 11.6 Å². The van der Waals surface area contributed by atoms with Gasteiger partial charge in [-0.15, -0.1) is 0 Å². The van der Waals surface area contributed by atoms with E-state index in [0.29, 0.717) is 61.7 Å². The smallest absolute Gasteiger partial charge is 0.410 e. The zero-order chi connectivity index (χ0) is 32.1. The van der Waals surface area contributed by atoms with E-state index in [1.807, 2.05) is 68.8 Å². The topological polar surface area (TPSA) is 129 Å². The molecule has 3 amide bonds. The van der Waals surface area contributed by atoms with E-state index >= 15 is 0 Å². The number of aliphatic hydroxyl groups is 1. The first-order chi connectivity index (χ1) is 21.6. The molecular formula is C33H40N6O5S. The molecule has 1 aliphatic heterocycles. The standard InChI is InChI=1S/C33H40N6O5S/c1-5-24(20-40)35-31(42)28-27(23-12-18-45-21-23)36-29-26(7-6-13-39(28)29)30(41)34-19-22-8-10-25(11-9-22)37-14-16-38(17-15-37)32(43)44-33(2,3)4/h6-13,18,21,24,40H,5,14-17,19-20H2,1-4H3,(H,34,41)(H,35,42)/t24-/m0/s1. The second-order valence-corrected chi connectivity index (χ2v) is 12.8. The summed E-state index contributed by atoms with van der Waals surface area (Å²) in [6, 6.07) is 12.9. The highest BCUT2D eigenvalue weighted by molar-refractivity contribution is 7.08. The highest BCUT2D eigenvalue weighted by Gasteiger charge is 2.27. The molecule has 3 N–H and O–H groups in total. The van der Waals surface area contributed by atoms with Crippen molar-refractivity contribution in [1.29, 1.82) is 0 Å². The fourth-order valence-electron chi connectivity index (χ4n) is 5.17. The number of rotatable bonds is 9. The zero-order valence-electron chi connectivity index (χ0n) is 26.1. The number of thiophene rings is 1. The van der Waals surface area contributed by atoms with E-state index in [-0.39, 0.29) is 24.5 Å². The van der Waals surface area contributed by atoms with Gasteiger partial charge in [-0.2, -0.15) is 11.3 Å². The quantitative estimate of drug-likeness (QED) is 0.247. The Morgan fingerprint density at radius 3 is 2.40 bits per heavy atom. The van der Waals surface area contributed by atoms with Crippen LogP contribution in [0.25, 0.3) is 16.9 Å². The summed E-state index contributed by atoms with van der Waals surface area (Å²) in [4.78, 5) is 47.9. The van der Waals surface area contributed by atoms with Crippen LogP contribution in [-0.4, -0.2) is 81.7 Å². The van der Waals surface area contributed by atoms with Crippen molar-refractivity contribution < 1.29 is 24.2 Å². The molecule has 5 rings (SSSR count). The molecule has 4 heterocycles. The molecule has 0 radical (unpaired) electrons. The van der Waals surface area contributed by atoms with Gasteiger partial charge in [-0.1, -0.05) is 19.1 Å². The number of amides is 3. The SMILES string of the molecule is CC[C@@H](CO)NC(=O)c1c(-c2ccsc2)nc2c(C(=O)NCc3ccc(N4CCN(C(=O)OC(C)(C)C)CC4)cc3)cccn12. The molecule has 0 unspecified atom stereocenters. The Kier molecular flexibility index (Phi) is 9.74. The van der Waals surface area contributed by atoms with Crippen LogP contribution in [0.15, 0.2) is 59.4 Å². The lowest BCUT2D eigenvalue weighted by molar-refractivity contribution is 0.0240. The van der Waals surface area contributed by atoms with Gasteiger partial charge in [0.05, 0.1) is 18.2 Å². The van der Waals surface area contributed by atoms with Crippen molar-refractivity contribution in [3.05, 3.63) is 76.2 Å². The Hall–Kier alpha value is -4.42. The minimum absolute atomic E-state index is 0.174. The number of aliphatic hydroxyl groups excluding tert-OH is 1. The Morgan fingerprint density at radius 1 is 1.04 bits per heavy atom. The van der Waals surface area contributed by atoms with Gasteiger partial charge in [0, 0.05) is 55.6 Å². The van der Waals surface area contributed by atoms with Crippen LogP contribution in [0.2, 0.25) is 0 Å². The third-order valence-corrected chi connectivity index (χ3v) is 8.32. The van der Waals surface area contributed by atoms with E-state index in [1.165, 1.54) is 11.3 Å². The molecule has 1 aliphatic rings. The molecule has 1 atom stereocenters. The predicted molar refractivity (Wildman–Crippen MR) is 175 cm³/mol. The minimum atomic E-state index is -0.518. The number of imidazole rings is 1. The van der Waals surface area contributed by atoms with Gasteiger partial charge in [-0.05, 0) is 68.5 Å². The van der Waals surface area contributed by atoms with Crippen molar-refractivity contribution >= 4 is 40.6 Å². The summed E-state index contributed by atoms with van der Waals surface area (Å²) < 4.78 is 7.13. The Bertz CT molecular complexity index is 1630. The van der Waals surface area contributed by atoms with Crippen molar-refractivity contribution in [2.75, 3.05) is 37.7 Å². The van der Waals surface area contributed by atoms with Crippen molar-refractivity contribution in [3.8, 4) is 11.3 Å². The number of piperazine rings is 1. The lowest BCUT2D eigenvalue weighted by atomic mass is 10.1. The van der Waals surface area contributed by atoms with Crippen molar-refractivity contribution in [2.24, 2.45) is 0 Å². The highest BCUT2D eigenvalue weighted by Crippen LogP contribution is 2.28. The molecule has 12 heteroatoms. The van der Waals surface area contributed by atoms with E-state index in [9.17, 15) is 19.5 Å². The molecule has 3 aromatic heterocycles. The number of carbonyl (C=O) groups is 3. The molecule has 4 aromatic rings. The predicted octanol–water partition coefficient (Wildman–Crippen LogP) is 4.55. The molecule has 45 heavy (non-hydrogen) atoms. The van der Waals surface area contributed by atoms with Crippen LogP contribution >= 0.6 is 11.3 Å². The second-order valence-electron chi connectivity index (χ2n) is 12.0. The third kappa shape index (κ3) is 7.46. The molecule has 0 bridgehead atoms. The van der Waals surface area contributed by atoms with Crippen molar-refractivity contribution in [3.63, 3.8) is 0 Å². The number of pyridine rings is 1. The highest BCUT2D eigenvalue weighted by atomic mass is 32.1. The number of hydrogen-bond donors (Lipinski definition) is 3. The maximum atomic E-state index is 13.4. The molecular weight excluding hydrogens is 592 g/mol. The molecule has 1 fully saturated rings. The Morgan fingerprint density at radius 2 is 1.78 bits per heavy atom. The average molecular weight is 633 g/mol. The fourth-order valence-corrected chi connectivity index (χ4v) is 5.81. The van der Waals surface area contributed by atoms with Crippen LogP contribution in [0, 0.1) is 0 Å². The van der Waals surface area contributed by atoms with Gasteiger partial charge in [-0.3, -0.25) is 14.0 Å². The number of fused-ring (bicyclic) bond motifs is 1. The summed E-state index contributed by atoms with van der Waals surface area (Å²) in [5, 5.41) is 19.3. The zero-order valence-corrected chi connectivity index (χ0v) is 26.9. The number of anilines is 1. The van der Waals surface area contributed by atoms with Gasteiger partial charge in [0.25, 0.3) is 11.8 Å². The van der Waals surface area contributed by atoms with Gasteiger partial charge in [0.1, 0.15) is 17.0 Å². The second kappa shape index (κ2) is 13.7. The summed E-state index contributed by atoms with van der Waals surface area (Å²) in [6.45, 7) is 10.2. The monoisotopic (exact) mass is 632 g/mol. The number of aromatic nitrogens is 2. The Balaban J connectivity index is 1.26. The first-order valence-electron chi connectivity index (χ1n) is 15.1. The van der Waals surface area contributed by atoms with Crippen LogP contribution in [0.5, 0.6) is 0 Å². The van der Waals surface area contributed by atoms with Crippen LogP contribution in [0.3, 0.4) is 0 Å². The van der Waals surface area contributed by atoms with Crippen LogP contribution < -0.4 is 15.5 Å². The summed E-state index contributed by atoms with van der Waals surface area (Å²) >= 11 is 1.49. The van der Waals surface area contributed by atoms with Crippen molar-refractivity contribution in [2.45, 2.75) is 52.3 Å². The van der Waals surface area contributed by atoms with Gasteiger partial charge in [-0.25, -0.2) is 9.78 Å². The summed E-state index contributed by atoms with van der Waals surface area (Å²) in [5.41, 5.74) is 3.76. The molecule has 1 aromatic carbocycles. The average Bonchev–Trinajstić information content (AvgIpc) is 3.70. The molecule has 0 saturated carbocycles. The maximum Gasteiger partial charge on any atom is 0.410 e. The molecule has 0 spiro atoms. The normalized spacial score (nSPS) is 14.3. The number of nitrogens with one attached hydrogen (secondary N) is 2. The number of carbonyl (C=O) groups excluding carboxylic acids is 3. The first kappa shape index (κ1) is 32.0. The molecule has 11 nitrogen and oxygen atoms in total. The number of ether oxygens (including phenoxy) is 1. The van der Waals surface area contributed by atoms with Crippen LogP contribution in [-0.2, 0) is 11.3 Å². The maximum absolute atomic E-state index is 13.4. The molecule has 0 aliphatic carbocycles. The van der Waals surface area contributed by atoms with Crippen molar-refractivity contribution in [1.82, 2.24) is 24.9 Å².